The van der Waals surface area contributed by atoms with E-state index >= 15 is 0 Å². The van der Waals surface area contributed by atoms with Crippen molar-refractivity contribution in [3.8, 4) is 17.1 Å². The first-order valence-electron chi connectivity index (χ1n) is 45.3. The van der Waals surface area contributed by atoms with Gasteiger partial charge in [0, 0.05) is 47.8 Å². The van der Waals surface area contributed by atoms with E-state index in [-0.39, 0.29) is 97.0 Å². The van der Waals surface area contributed by atoms with Crippen LogP contribution < -0.4 is 40.9 Å². The van der Waals surface area contributed by atoms with Crippen LogP contribution in [-0.4, -0.2) is 171 Å². The quantitative estimate of drug-likeness (QED) is 0.0407. The van der Waals surface area contributed by atoms with Crippen molar-refractivity contribution in [1.82, 2.24) is 77.9 Å². The maximum atomic E-state index is 14.0. The lowest BCUT2D eigenvalue weighted by atomic mass is 9.88. The molecule has 0 aliphatic carbocycles. The molecule has 748 valence electrons. The summed E-state index contributed by atoms with van der Waals surface area (Å²) in [5.41, 5.74) is 7.34. The minimum atomic E-state index is -4.42. The van der Waals surface area contributed by atoms with Gasteiger partial charge in [0.05, 0.1) is 122 Å². The zero-order valence-corrected chi connectivity index (χ0v) is 78.4. The summed E-state index contributed by atoms with van der Waals surface area (Å²) in [7, 11) is 0. The van der Waals surface area contributed by atoms with Crippen molar-refractivity contribution in [2.24, 2.45) is 5.92 Å². The Morgan fingerprint density at radius 1 is 0.380 bits per heavy atom. The smallest absolute Gasteiger partial charge is 0.416 e. The molecule has 9 aromatic heterocycles. The number of aromatic nitrogens is 16. The third-order valence-electron chi connectivity index (χ3n) is 25.5. The van der Waals surface area contributed by atoms with Crippen LogP contribution in [0.2, 0.25) is 0 Å². The highest BCUT2D eigenvalue weighted by Crippen LogP contribution is 2.46. The van der Waals surface area contributed by atoms with Crippen molar-refractivity contribution in [1.29, 1.82) is 0 Å². The maximum absolute atomic E-state index is 14.0. The van der Waals surface area contributed by atoms with E-state index in [2.05, 4.69) is 81.1 Å². The number of anilines is 8. The Hall–Kier alpha value is -14.5. The Labute approximate surface area is 803 Å². The average Bonchev–Trinajstić information content (AvgIpc) is 1.59. The van der Waals surface area contributed by atoms with Gasteiger partial charge in [-0.2, -0.15) is 72.6 Å². The molecular weight excluding hydrogens is 1910 g/mol. The summed E-state index contributed by atoms with van der Waals surface area (Å²) >= 11 is 1.20. The molecule has 0 bridgehead atoms. The average molecular weight is 2000 g/mol. The molecule has 0 spiro atoms. The first kappa shape index (κ1) is 99.1. The van der Waals surface area contributed by atoms with E-state index in [1.165, 1.54) is 121 Å². The molecular formula is C94H93F15N24O8S. The third-order valence-corrected chi connectivity index (χ3v) is 26.7. The molecule has 7 aliphatic rings. The summed E-state index contributed by atoms with van der Waals surface area (Å²) in [6.45, 7) is 19.5. The normalized spacial score (nSPS) is 19.7. The van der Waals surface area contributed by atoms with Gasteiger partial charge >= 0.3 is 49.1 Å². The van der Waals surface area contributed by atoms with E-state index in [0.717, 1.165) is 58.0 Å². The van der Waals surface area contributed by atoms with Crippen LogP contribution >= 0.6 is 11.3 Å². The number of thiazole rings is 1. The molecule has 0 radical (unpaired) electrons. The van der Waals surface area contributed by atoms with Gasteiger partial charge in [0.25, 0.3) is 0 Å². The number of nitrogens with zero attached hydrogens (tertiary/aromatic N) is 20. The van der Waals surface area contributed by atoms with Crippen LogP contribution in [-0.2, 0) is 69.3 Å². The van der Waals surface area contributed by atoms with Crippen LogP contribution in [0.3, 0.4) is 0 Å². The predicted octanol–water partition coefficient (Wildman–Crippen LogP) is 20.9. The van der Waals surface area contributed by atoms with Gasteiger partial charge in [-0.05, 0) is 206 Å². The summed E-state index contributed by atoms with van der Waals surface area (Å²) in [6.07, 6.45) is -8.77. The number of ether oxygens (including phenoxy) is 4. The van der Waals surface area contributed by atoms with E-state index in [1.54, 1.807) is 53.8 Å². The first-order chi connectivity index (χ1) is 67.3. The molecule has 4 N–H and O–H groups in total. The first-order valence-corrected chi connectivity index (χ1v) is 46.1. The van der Waals surface area contributed by atoms with Crippen LogP contribution in [0.25, 0.3) is 32.1 Å². The fourth-order valence-corrected chi connectivity index (χ4v) is 19.5. The van der Waals surface area contributed by atoms with Crippen molar-refractivity contribution < 1.29 is 104 Å². The van der Waals surface area contributed by atoms with E-state index in [9.17, 15) is 85.0 Å². The number of carbonyl (C=O) groups excluding carboxylic acids is 4. The number of imidazole rings is 4. The SMILES string of the molecule is CC(C)[C@H]1COC(=O)N1c1ccnc(N[C@@H](C)c2ncn3c2CCCc2cc(C(F)(F)F)ccc2-3)n1.CC1Cc2c([C@H](C)Nc3nccc(N4C(=O)OC[C@@H]4[C@H](C)F)n3)ncn2-c2ccc(C(F)(F)F)cc21.CC1Cc2cc(C(F)(F)F)ccc2-n2cnc([C@H](C)Nc3nccc(N4C(=O)OC[C@@H]4[C@H](C)F)n3)c21.C[C@H](Nc1nccc(N2C(=O)OC[C@@H]2[C@H](C)F)n1)c1ncn2c1sc1cc(C(F)(F)F)ccc12. The number of hydrogen-bond acceptors (Lipinski definition) is 25. The summed E-state index contributed by atoms with van der Waals surface area (Å²) in [5.74, 6) is 1.99. The van der Waals surface area contributed by atoms with Crippen LogP contribution in [0, 0.1) is 5.92 Å². The summed E-state index contributed by atoms with van der Waals surface area (Å²) in [4.78, 5) is 107. The summed E-state index contributed by atoms with van der Waals surface area (Å²) in [6, 6.07) is 17.3. The third kappa shape index (κ3) is 20.0. The highest BCUT2D eigenvalue weighted by atomic mass is 32.1. The fourth-order valence-electron chi connectivity index (χ4n) is 18.3. The van der Waals surface area contributed by atoms with Crippen LogP contribution in [0.5, 0.6) is 0 Å². The van der Waals surface area contributed by atoms with Crippen LogP contribution in [0.15, 0.2) is 147 Å². The van der Waals surface area contributed by atoms with Gasteiger partial charge in [-0.15, -0.1) is 11.3 Å². The second-order valence-corrected chi connectivity index (χ2v) is 36.7. The predicted molar refractivity (Wildman–Crippen MR) is 491 cm³/mol. The molecule has 4 fully saturated rings. The molecule has 2 unspecified atom stereocenters. The van der Waals surface area contributed by atoms with Gasteiger partial charge in [0.2, 0.25) is 23.8 Å². The molecule has 32 nitrogen and oxygen atoms in total. The lowest BCUT2D eigenvalue weighted by Crippen LogP contribution is -2.39. The molecule has 4 amide bonds. The molecule has 13 aromatic rings. The number of nitrogens with one attached hydrogen (secondary N) is 4. The Balaban J connectivity index is 0.000000130. The highest BCUT2D eigenvalue weighted by molar-refractivity contribution is 7.24. The van der Waals surface area contributed by atoms with Crippen LogP contribution in [0.4, 0.5) is 132 Å². The number of benzene rings is 4. The zero-order valence-electron chi connectivity index (χ0n) is 77.6. The molecule has 4 saturated heterocycles. The Kier molecular flexibility index (Phi) is 27.3. The number of hydrogen-bond donors (Lipinski definition) is 4. The lowest BCUT2D eigenvalue weighted by molar-refractivity contribution is -0.138. The van der Waals surface area contributed by atoms with Gasteiger partial charge in [0.15, 0.2) is 0 Å². The van der Waals surface area contributed by atoms with Gasteiger partial charge < -0.3 is 53.9 Å². The second kappa shape index (κ2) is 39.2. The van der Waals surface area contributed by atoms with E-state index < -0.39 is 114 Å². The highest BCUT2D eigenvalue weighted by Gasteiger charge is 2.46. The Bertz CT molecular complexity index is 6790. The monoisotopic (exact) mass is 2000 g/mol. The summed E-state index contributed by atoms with van der Waals surface area (Å²) < 4.78 is 228. The van der Waals surface area contributed by atoms with Gasteiger partial charge in [-0.1, -0.05) is 27.7 Å². The molecule has 13 atom stereocenters. The largest absolute Gasteiger partial charge is 0.447 e. The van der Waals surface area contributed by atoms with Crippen molar-refractivity contribution in [2.75, 3.05) is 67.3 Å². The number of carbonyl (C=O) groups is 4. The molecule has 16 heterocycles. The molecule has 0 saturated carbocycles. The fraction of sp³-hybridized carbons (Fsp3) is 0.404. The van der Waals surface area contributed by atoms with Crippen LogP contribution in [0.1, 0.15) is 197 Å². The molecule has 142 heavy (non-hydrogen) atoms. The Morgan fingerprint density at radius 2 is 0.746 bits per heavy atom. The van der Waals surface area contributed by atoms with Gasteiger partial charge in [-0.25, -0.2) is 72.2 Å². The van der Waals surface area contributed by atoms with Gasteiger partial charge in [-0.3, -0.25) is 24.0 Å². The molecule has 48 heteroatoms. The van der Waals surface area contributed by atoms with Crippen molar-refractivity contribution in [2.45, 2.75) is 212 Å². The number of cyclic esters (lactones) is 4. The number of alkyl halides is 15. The standard InChI is InChI=1S/C25H27F3N6O2.2C24H24F4N6O2.C21H18F4N6O2S/c1-14(2)20-12-36-24(35)34(20)21-9-10-29-23(32-21)31-15(3)22-19-6-4-5-16-11-17(25(26,27)28)7-8-18(16)33(19)13-30-22;1-12-8-15-9-16(24(26,27)28)4-5-17(15)33-11-30-20(21(12)33)14(3)31-22-29-7-6-19(32-22)34-18(13(2)25)10-36-23(34)35;1-12-8-18-21(30-11-33(18)17-5-4-15(9-16(12)17)24(26,27)28)14(3)31-22-29-7-6-20(32-22)34-19(13(2)25)10-36-23(34)35;1-10(22)14-8-33-20(32)31(14)16-5-6-26-19(29-16)28-11(2)17-18-30(9-27-17)13-4-3-12(21(23,24)25)7-15(13)34-18/h7-11,13-15,20H,4-6,12H2,1-3H3,(H,29,31,32);4-7,9,11-14,18H,8,10H2,1-3H3,(H,29,31,32);4-7,9,11-14,19H,8,10H2,1-3H3,(H,29,31,32);3-7,9-11,14H,8H2,1-2H3,(H,26,28,29)/t15-,20+;12?,13-,14-,18+;12?,13-,14-,19+;10-,11-,14+/m0000/s1. The van der Waals surface area contributed by atoms with Gasteiger partial charge in [0.1, 0.15) is 97.5 Å². The number of halogens is 15. The number of fused-ring (bicyclic) bond motifs is 12. The minimum absolute atomic E-state index is 0.0649. The molecule has 4 aromatic carbocycles. The van der Waals surface area contributed by atoms with E-state index in [1.807, 2.05) is 62.2 Å². The van der Waals surface area contributed by atoms with Crippen molar-refractivity contribution in [3.63, 3.8) is 0 Å². The maximum Gasteiger partial charge on any atom is 0.416 e. The number of amides is 4. The zero-order chi connectivity index (χ0) is 101. The Morgan fingerprint density at radius 3 is 1.20 bits per heavy atom. The van der Waals surface area contributed by atoms with E-state index in [0.29, 0.717) is 116 Å². The molecule has 7 aliphatic heterocycles. The van der Waals surface area contributed by atoms with Crippen molar-refractivity contribution >= 4 is 97.8 Å². The minimum Gasteiger partial charge on any atom is -0.447 e. The second-order valence-electron chi connectivity index (χ2n) is 35.6. The lowest BCUT2D eigenvalue weighted by Gasteiger charge is -2.27. The van der Waals surface area contributed by atoms with E-state index in [4.69, 9.17) is 18.9 Å². The number of aryl methyl sites for hydroxylation is 1. The number of rotatable bonds is 20. The summed E-state index contributed by atoms with van der Waals surface area (Å²) in [5, 5.41) is 12.7. The topological polar surface area (TPSA) is 340 Å². The van der Waals surface area contributed by atoms with Crippen molar-refractivity contribution in [3.05, 3.63) is 226 Å². The molecule has 20 rings (SSSR count).